The fraction of sp³-hybridized carbons (Fsp3) is 0.111. The average Bonchev–Trinajstić information content (AvgIpc) is 2.81. The van der Waals surface area contributed by atoms with E-state index in [1.54, 1.807) is 11.6 Å². The summed E-state index contributed by atoms with van der Waals surface area (Å²) < 4.78 is 8.33. The summed E-state index contributed by atoms with van der Waals surface area (Å²) in [6.45, 7) is 0. The Morgan fingerprint density at radius 1 is 1.50 bits per heavy atom. The molecule has 82 valence electrons. The van der Waals surface area contributed by atoms with Gasteiger partial charge in [0.15, 0.2) is 0 Å². The normalized spacial score (nSPS) is 10.1. The molecule has 0 aliphatic carbocycles. The van der Waals surface area contributed by atoms with Gasteiger partial charge in [-0.1, -0.05) is 0 Å². The molecule has 0 aromatic carbocycles. The van der Waals surface area contributed by atoms with Gasteiger partial charge in [-0.05, 0) is 11.5 Å². The number of ether oxygens (including phenoxy) is 1. The molecular weight excluding hydrogens is 230 g/mol. The van der Waals surface area contributed by atoms with Gasteiger partial charge in [0.25, 0.3) is 5.56 Å². The topological polar surface area (TPSA) is 84.9 Å². The van der Waals surface area contributed by atoms with Crippen LogP contribution in [0.4, 0.5) is 0 Å². The lowest BCUT2D eigenvalue weighted by Crippen LogP contribution is -2.19. The highest BCUT2D eigenvalue weighted by Crippen LogP contribution is 2.13. The minimum atomic E-state index is -0.705. The zero-order chi connectivity index (χ0) is 11.5. The van der Waals surface area contributed by atoms with E-state index in [1.165, 1.54) is 24.8 Å². The summed E-state index contributed by atoms with van der Waals surface area (Å²) in [6, 6.07) is 0. The lowest BCUT2D eigenvalue weighted by Gasteiger charge is -1.99. The van der Waals surface area contributed by atoms with Crippen LogP contribution in [0.3, 0.4) is 0 Å². The molecule has 0 aliphatic rings. The number of carbonyl (C=O) groups is 1. The number of aromatic nitrogens is 3. The van der Waals surface area contributed by atoms with Crippen LogP contribution in [0.25, 0.3) is 11.4 Å². The Kier molecular flexibility index (Phi) is 2.78. The highest BCUT2D eigenvalue weighted by atomic mass is 32.1. The van der Waals surface area contributed by atoms with Crippen molar-refractivity contribution in [3.05, 3.63) is 33.7 Å². The Labute approximate surface area is 94.1 Å². The second-order valence-corrected chi connectivity index (χ2v) is 3.54. The van der Waals surface area contributed by atoms with Gasteiger partial charge in [0.2, 0.25) is 0 Å². The van der Waals surface area contributed by atoms with E-state index in [0.717, 1.165) is 0 Å². The van der Waals surface area contributed by atoms with E-state index in [2.05, 4.69) is 19.1 Å². The minimum absolute atomic E-state index is 0.116. The highest BCUT2D eigenvalue weighted by molar-refractivity contribution is 7.03. The van der Waals surface area contributed by atoms with Crippen molar-refractivity contribution < 1.29 is 9.53 Å². The van der Waals surface area contributed by atoms with Crippen LogP contribution in [-0.4, -0.2) is 27.4 Å². The third-order valence-electron chi connectivity index (χ3n) is 1.91. The first-order valence-corrected chi connectivity index (χ1v) is 5.13. The summed E-state index contributed by atoms with van der Waals surface area (Å²) in [5.74, 6) is -0.324. The SMILES string of the molecule is COC(=O)c1cnc(-c2cnsc2)[nH]c1=O. The summed E-state index contributed by atoms with van der Waals surface area (Å²) in [4.78, 5) is 29.1. The van der Waals surface area contributed by atoms with Gasteiger partial charge in [-0.2, -0.15) is 0 Å². The summed E-state index contributed by atoms with van der Waals surface area (Å²) >= 11 is 1.25. The molecule has 7 heteroatoms. The van der Waals surface area contributed by atoms with Crippen molar-refractivity contribution in [3.8, 4) is 11.4 Å². The minimum Gasteiger partial charge on any atom is -0.465 e. The van der Waals surface area contributed by atoms with Gasteiger partial charge in [0.05, 0.1) is 13.3 Å². The van der Waals surface area contributed by atoms with Crippen LogP contribution >= 0.6 is 11.5 Å². The first-order valence-electron chi connectivity index (χ1n) is 4.29. The van der Waals surface area contributed by atoms with Crippen LogP contribution in [0, 0.1) is 0 Å². The van der Waals surface area contributed by atoms with Crippen molar-refractivity contribution >= 4 is 17.5 Å². The van der Waals surface area contributed by atoms with Crippen molar-refractivity contribution in [2.75, 3.05) is 7.11 Å². The van der Waals surface area contributed by atoms with Crippen LogP contribution in [0.2, 0.25) is 0 Å². The Morgan fingerprint density at radius 3 is 2.88 bits per heavy atom. The number of carbonyl (C=O) groups excluding carboxylic acids is 1. The number of aromatic amines is 1. The molecule has 0 spiro atoms. The molecule has 6 nitrogen and oxygen atoms in total. The van der Waals surface area contributed by atoms with Crippen molar-refractivity contribution in [2.45, 2.75) is 0 Å². The van der Waals surface area contributed by atoms with Crippen molar-refractivity contribution in [1.29, 1.82) is 0 Å². The first-order chi connectivity index (χ1) is 7.72. The van der Waals surface area contributed by atoms with E-state index in [9.17, 15) is 9.59 Å². The third-order valence-corrected chi connectivity index (χ3v) is 2.50. The molecular formula is C9H7N3O3S. The molecule has 0 unspecified atom stereocenters. The Morgan fingerprint density at radius 2 is 2.31 bits per heavy atom. The first kappa shape index (κ1) is 10.5. The summed E-state index contributed by atoms with van der Waals surface area (Å²) in [7, 11) is 1.21. The fourth-order valence-electron chi connectivity index (χ4n) is 1.12. The molecule has 0 bridgehead atoms. The van der Waals surface area contributed by atoms with Crippen molar-refractivity contribution in [2.24, 2.45) is 0 Å². The standard InChI is InChI=1S/C9H7N3O3S/c1-15-9(14)6-3-10-7(12-8(6)13)5-2-11-16-4-5/h2-4H,1H3,(H,10,12,13). The zero-order valence-corrected chi connectivity index (χ0v) is 9.08. The average molecular weight is 237 g/mol. The number of rotatable bonds is 2. The van der Waals surface area contributed by atoms with Gasteiger partial charge >= 0.3 is 5.97 Å². The number of esters is 1. The van der Waals surface area contributed by atoms with E-state index in [-0.39, 0.29) is 5.56 Å². The van der Waals surface area contributed by atoms with Gasteiger partial charge in [0.1, 0.15) is 11.4 Å². The number of nitrogens with zero attached hydrogens (tertiary/aromatic N) is 2. The van der Waals surface area contributed by atoms with Gasteiger partial charge in [-0.3, -0.25) is 4.79 Å². The van der Waals surface area contributed by atoms with Gasteiger partial charge < -0.3 is 9.72 Å². The Hall–Kier alpha value is -2.02. The lowest BCUT2D eigenvalue weighted by molar-refractivity contribution is 0.0598. The quantitative estimate of drug-likeness (QED) is 0.776. The summed E-state index contributed by atoms with van der Waals surface area (Å²) in [5, 5.41) is 1.75. The molecule has 0 radical (unpaired) electrons. The molecule has 2 heterocycles. The van der Waals surface area contributed by atoms with Gasteiger partial charge in [0, 0.05) is 17.1 Å². The number of nitrogens with one attached hydrogen (secondary N) is 1. The maximum atomic E-state index is 11.5. The Bertz CT molecular complexity index is 562. The van der Waals surface area contributed by atoms with Gasteiger partial charge in [-0.25, -0.2) is 14.2 Å². The van der Waals surface area contributed by atoms with E-state index >= 15 is 0 Å². The van der Waals surface area contributed by atoms with Crippen molar-refractivity contribution in [1.82, 2.24) is 14.3 Å². The summed E-state index contributed by atoms with van der Waals surface area (Å²) in [6.07, 6.45) is 2.78. The van der Waals surface area contributed by atoms with Crippen LogP contribution < -0.4 is 5.56 Å². The second kappa shape index (κ2) is 4.23. The molecule has 0 saturated heterocycles. The van der Waals surface area contributed by atoms with Crippen LogP contribution in [0.5, 0.6) is 0 Å². The fourth-order valence-corrected chi connectivity index (χ4v) is 1.64. The maximum Gasteiger partial charge on any atom is 0.345 e. The monoisotopic (exact) mass is 237 g/mol. The zero-order valence-electron chi connectivity index (χ0n) is 8.26. The molecule has 0 atom stereocenters. The largest absolute Gasteiger partial charge is 0.465 e. The van der Waals surface area contributed by atoms with Gasteiger partial charge in [-0.15, -0.1) is 0 Å². The van der Waals surface area contributed by atoms with E-state index in [0.29, 0.717) is 11.4 Å². The number of hydrogen-bond donors (Lipinski definition) is 1. The lowest BCUT2D eigenvalue weighted by atomic mass is 10.3. The van der Waals surface area contributed by atoms with Crippen LogP contribution in [0.1, 0.15) is 10.4 Å². The molecule has 2 aromatic rings. The molecule has 0 amide bonds. The number of methoxy groups -OCH3 is 1. The molecule has 2 aromatic heterocycles. The van der Waals surface area contributed by atoms with Crippen LogP contribution in [0.15, 0.2) is 22.6 Å². The van der Waals surface area contributed by atoms with Crippen molar-refractivity contribution in [3.63, 3.8) is 0 Å². The van der Waals surface area contributed by atoms with E-state index in [4.69, 9.17) is 0 Å². The molecule has 2 rings (SSSR count). The smallest absolute Gasteiger partial charge is 0.345 e. The molecule has 16 heavy (non-hydrogen) atoms. The molecule has 0 aliphatic heterocycles. The van der Waals surface area contributed by atoms with E-state index in [1.807, 2.05) is 0 Å². The second-order valence-electron chi connectivity index (χ2n) is 2.88. The number of H-pyrrole nitrogens is 1. The maximum absolute atomic E-state index is 11.5. The predicted octanol–water partition coefficient (Wildman–Crippen LogP) is 0.680. The third kappa shape index (κ3) is 1.84. The highest BCUT2D eigenvalue weighted by Gasteiger charge is 2.12. The molecule has 0 saturated carbocycles. The predicted molar refractivity (Wildman–Crippen MR) is 57.3 cm³/mol. The molecule has 1 N–H and O–H groups in total. The molecule has 0 fully saturated rings. The van der Waals surface area contributed by atoms with Crippen LogP contribution in [-0.2, 0) is 4.74 Å². The number of hydrogen-bond acceptors (Lipinski definition) is 6. The summed E-state index contributed by atoms with van der Waals surface area (Å²) in [5.41, 5.74) is 0.0657. The van der Waals surface area contributed by atoms with E-state index < -0.39 is 11.5 Å². The Balaban J connectivity index is 2.45.